The van der Waals surface area contributed by atoms with Crippen LogP contribution in [-0.2, 0) is 11.2 Å². The lowest BCUT2D eigenvalue weighted by Gasteiger charge is -2.08. The van der Waals surface area contributed by atoms with E-state index in [0.29, 0.717) is 29.4 Å². The van der Waals surface area contributed by atoms with Crippen molar-refractivity contribution in [2.24, 2.45) is 11.7 Å². The van der Waals surface area contributed by atoms with Gasteiger partial charge < -0.3 is 20.3 Å². The Bertz CT molecular complexity index is 1060. The predicted octanol–water partition coefficient (Wildman–Crippen LogP) is 3.18. The highest BCUT2D eigenvalue weighted by Gasteiger charge is 2.38. The largest absolute Gasteiger partial charge is 0.490 e. The Kier molecular flexibility index (Phi) is 7.33. The van der Waals surface area contributed by atoms with Gasteiger partial charge in [0, 0.05) is 11.1 Å². The lowest BCUT2D eigenvalue weighted by molar-refractivity contribution is -0.192. The average molecular weight is 426 g/mol. The van der Waals surface area contributed by atoms with Gasteiger partial charge in [-0.1, -0.05) is 37.2 Å². The van der Waals surface area contributed by atoms with Crippen molar-refractivity contribution >= 4 is 16.7 Å². The van der Waals surface area contributed by atoms with E-state index in [0.717, 1.165) is 17.5 Å². The number of hydrogen-bond acceptors (Lipinski definition) is 6. The van der Waals surface area contributed by atoms with E-state index in [1.54, 1.807) is 6.07 Å². The number of aromatic amines is 1. The third kappa shape index (κ3) is 6.41. The molecule has 3 rings (SSSR count). The molecule has 4 N–H and O–H groups in total. The number of rotatable bonds is 5. The van der Waals surface area contributed by atoms with Gasteiger partial charge in [-0.15, -0.1) is 0 Å². The molecule has 0 amide bonds. The van der Waals surface area contributed by atoms with Crippen LogP contribution in [0.1, 0.15) is 43.7 Å². The van der Waals surface area contributed by atoms with Crippen molar-refractivity contribution in [3.05, 3.63) is 58.1 Å². The molecule has 0 spiro atoms. The third-order valence-corrected chi connectivity index (χ3v) is 3.93. The zero-order valence-electron chi connectivity index (χ0n) is 16.2. The van der Waals surface area contributed by atoms with Gasteiger partial charge in [0.1, 0.15) is 0 Å². The van der Waals surface area contributed by atoms with Gasteiger partial charge >= 0.3 is 12.1 Å². The molecule has 0 aliphatic carbocycles. The first-order valence-electron chi connectivity index (χ1n) is 8.96. The lowest BCUT2D eigenvalue weighted by atomic mass is 10.0. The van der Waals surface area contributed by atoms with Gasteiger partial charge in [0.25, 0.3) is 5.56 Å². The molecule has 30 heavy (non-hydrogen) atoms. The summed E-state index contributed by atoms with van der Waals surface area (Å²) in [7, 11) is 0. The first kappa shape index (κ1) is 23.1. The number of pyridine rings is 1. The number of aliphatic carboxylic acids is 1. The smallest absolute Gasteiger partial charge is 0.475 e. The molecule has 0 fully saturated rings. The molecular formula is C19H21F3N4O4. The quantitative estimate of drug-likeness (QED) is 0.570. The van der Waals surface area contributed by atoms with Crippen LogP contribution in [-0.4, -0.2) is 32.4 Å². The summed E-state index contributed by atoms with van der Waals surface area (Å²) >= 11 is 0. The average Bonchev–Trinajstić information content (AvgIpc) is 3.09. The number of aromatic nitrogens is 3. The Morgan fingerprint density at radius 3 is 2.53 bits per heavy atom. The Balaban J connectivity index is 0.000000396. The van der Waals surface area contributed by atoms with Gasteiger partial charge in [-0.25, -0.2) is 4.79 Å². The van der Waals surface area contributed by atoms with Crippen molar-refractivity contribution in [1.29, 1.82) is 0 Å². The molecule has 0 aliphatic rings. The van der Waals surface area contributed by atoms with Crippen LogP contribution in [0.15, 0.2) is 39.6 Å². The van der Waals surface area contributed by atoms with Gasteiger partial charge in [0.05, 0.1) is 12.5 Å². The minimum absolute atomic E-state index is 0.116. The van der Waals surface area contributed by atoms with Crippen molar-refractivity contribution in [2.45, 2.75) is 38.9 Å². The Labute approximate surface area is 168 Å². The van der Waals surface area contributed by atoms with Crippen LogP contribution in [0, 0.1) is 5.92 Å². The highest BCUT2D eigenvalue weighted by molar-refractivity contribution is 5.81. The highest BCUT2D eigenvalue weighted by Crippen LogP contribution is 2.17. The summed E-state index contributed by atoms with van der Waals surface area (Å²) < 4.78 is 37.0. The van der Waals surface area contributed by atoms with Crippen molar-refractivity contribution < 1.29 is 27.6 Å². The van der Waals surface area contributed by atoms with Crippen LogP contribution in [0.2, 0.25) is 0 Å². The molecule has 2 aromatic heterocycles. The maximum atomic E-state index is 12.1. The standard InChI is InChI=1S/C17H20N4O2.C2HF3O2/c1-10(2)7-14(18)16-20-15(23-21-16)9-12-8-11-5-3-4-6-13(11)17(22)19-12;3-2(4,5)1(6)7/h3-6,8,10,14H,7,9,18H2,1-2H3,(H,19,22);(H,6,7). The maximum absolute atomic E-state index is 12.1. The van der Waals surface area contributed by atoms with Crippen LogP contribution < -0.4 is 11.3 Å². The molecule has 2 heterocycles. The SMILES string of the molecule is CC(C)CC(N)c1noc(Cc2cc3ccccc3c(=O)[nH]2)n1.O=C(O)C(F)(F)F. The Hall–Kier alpha value is -3.21. The van der Waals surface area contributed by atoms with Crippen molar-refractivity contribution in [3.63, 3.8) is 0 Å². The number of carboxylic acid groups (broad SMARTS) is 1. The number of H-pyrrole nitrogens is 1. The predicted molar refractivity (Wildman–Crippen MR) is 102 cm³/mol. The van der Waals surface area contributed by atoms with E-state index >= 15 is 0 Å². The fraction of sp³-hybridized carbons (Fsp3) is 0.368. The number of nitrogens with zero attached hydrogens (tertiary/aromatic N) is 2. The monoisotopic (exact) mass is 426 g/mol. The zero-order chi connectivity index (χ0) is 22.5. The zero-order valence-corrected chi connectivity index (χ0v) is 16.2. The molecule has 0 aliphatic heterocycles. The summed E-state index contributed by atoms with van der Waals surface area (Å²) in [6, 6.07) is 9.15. The summed E-state index contributed by atoms with van der Waals surface area (Å²) in [6.45, 7) is 4.20. The van der Waals surface area contributed by atoms with Crippen LogP contribution in [0.3, 0.4) is 0 Å². The number of benzene rings is 1. The van der Waals surface area contributed by atoms with Crippen LogP contribution in [0.4, 0.5) is 13.2 Å². The second kappa shape index (κ2) is 9.53. The first-order valence-corrected chi connectivity index (χ1v) is 8.96. The molecule has 11 heteroatoms. The summed E-state index contributed by atoms with van der Waals surface area (Å²) in [5.41, 5.74) is 6.68. The normalized spacial score (nSPS) is 12.5. The Morgan fingerprint density at radius 2 is 1.93 bits per heavy atom. The van der Waals surface area contributed by atoms with E-state index in [1.807, 2.05) is 24.3 Å². The molecule has 1 aromatic carbocycles. The number of nitrogens with one attached hydrogen (secondary N) is 1. The maximum Gasteiger partial charge on any atom is 0.490 e. The van der Waals surface area contributed by atoms with Crippen LogP contribution in [0.25, 0.3) is 10.8 Å². The molecule has 0 bridgehead atoms. The van der Waals surface area contributed by atoms with E-state index in [1.165, 1.54) is 0 Å². The number of carboxylic acids is 1. The minimum Gasteiger partial charge on any atom is -0.475 e. The van der Waals surface area contributed by atoms with E-state index in [-0.39, 0.29) is 11.6 Å². The molecule has 0 radical (unpaired) electrons. The lowest BCUT2D eigenvalue weighted by Crippen LogP contribution is -2.21. The highest BCUT2D eigenvalue weighted by atomic mass is 19.4. The summed E-state index contributed by atoms with van der Waals surface area (Å²) in [4.78, 5) is 28.2. The fourth-order valence-corrected chi connectivity index (χ4v) is 2.63. The molecule has 0 saturated carbocycles. The van der Waals surface area contributed by atoms with Crippen LogP contribution in [0.5, 0.6) is 0 Å². The summed E-state index contributed by atoms with van der Waals surface area (Å²) in [6.07, 6.45) is -3.91. The number of carbonyl (C=O) groups is 1. The van der Waals surface area contributed by atoms with Gasteiger partial charge in [-0.3, -0.25) is 4.79 Å². The Morgan fingerprint density at radius 1 is 1.30 bits per heavy atom. The second-order valence-corrected chi connectivity index (χ2v) is 6.97. The number of hydrogen-bond donors (Lipinski definition) is 3. The number of fused-ring (bicyclic) bond motifs is 1. The molecule has 162 valence electrons. The summed E-state index contributed by atoms with van der Waals surface area (Å²) in [5, 5.41) is 12.6. The van der Waals surface area contributed by atoms with Crippen molar-refractivity contribution in [3.8, 4) is 0 Å². The van der Waals surface area contributed by atoms with Gasteiger partial charge in [-0.05, 0) is 29.9 Å². The molecule has 1 unspecified atom stereocenters. The van der Waals surface area contributed by atoms with Crippen molar-refractivity contribution in [1.82, 2.24) is 15.1 Å². The van der Waals surface area contributed by atoms with E-state index in [9.17, 15) is 18.0 Å². The van der Waals surface area contributed by atoms with E-state index in [4.69, 9.17) is 20.2 Å². The molecule has 1 atom stereocenters. The second-order valence-electron chi connectivity index (χ2n) is 6.97. The topological polar surface area (TPSA) is 135 Å². The molecule has 8 nitrogen and oxygen atoms in total. The third-order valence-electron chi connectivity index (χ3n) is 3.93. The van der Waals surface area contributed by atoms with E-state index < -0.39 is 12.1 Å². The van der Waals surface area contributed by atoms with Gasteiger partial charge in [0.2, 0.25) is 5.89 Å². The van der Waals surface area contributed by atoms with Gasteiger partial charge in [-0.2, -0.15) is 18.2 Å². The van der Waals surface area contributed by atoms with Gasteiger partial charge in [0.15, 0.2) is 5.82 Å². The number of halogens is 3. The number of nitrogens with two attached hydrogens (primary N) is 1. The minimum atomic E-state index is -5.08. The molecular weight excluding hydrogens is 405 g/mol. The number of alkyl halides is 3. The van der Waals surface area contributed by atoms with Crippen LogP contribution >= 0.6 is 0 Å². The molecule has 3 aromatic rings. The van der Waals surface area contributed by atoms with Crippen molar-refractivity contribution in [2.75, 3.05) is 0 Å². The van der Waals surface area contributed by atoms with E-state index in [2.05, 4.69) is 29.0 Å². The molecule has 0 saturated heterocycles. The summed E-state index contributed by atoms with van der Waals surface area (Å²) in [5.74, 6) is -1.33. The fourth-order valence-electron chi connectivity index (χ4n) is 2.63. The first-order chi connectivity index (χ1) is 14.0.